The Bertz CT molecular complexity index is 1610. The maximum atomic E-state index is 11.6. The van der Waals surface area contributed by atoms with Crippen LogP contribution >= 0.6 is 0 Å². The topological polar surface area (TPSA) is 57.5 Å². The minimum atomic E-state index is -0.909. The molecule has 0 amide bonds. The molecule has 0 saturated carbocycles. The Morgan fingerprint density at radius 1 is 0.821 bits per heavy atom. The Balaban J connectivity index is 1.30. The maximum absolute atomic E-state index is 11.6. The summed E-state index contributed by atoms with van der Waals surface area (Å²) in [7, 11) is 4.11. The predicted molar refractivity (Wildman–Crippen MR) is 161 cm³/mol. The van der Waals surface area contributed by atoms with Gasteiger partial charge in [-0.05, 0) is 77.6 Å². The van der Waals surface area contributed by atoms with Crippen molar-refractivity contribution in [1.82, 2.24) is 9.88 Å². The van der Waals surface area contributed by atoms with Crippen LogP contribution in [0, 0.1) is 13.8 Å². The molecule has 0 saturated heterocycles. The summed E-state index contributed by atoms with van der Waals surface area (Å²) in [5.74, 6) is -0.909. The average Bonchev–Trinajstić information content (AvgIpc) is 3.18. The van der Waals surface area contributed by atoms with Crippen molar-refractivity contribution < 1.29 is 9.90 Å². The molecule has 0 aliphatic carbocycles. The molecular formula is C34H35N3O2. The van der Waals surface area contributed by atoms with Crippen LogP contribution in [0.1, 0.15) is 38.3 Å². The van der Waals surface area contributed by atoms with Gasteiger partial charge >= 0.3 is 5.97 Å². The second kappa shape index (κ2) is 11.2. The van der Waals surface area contributed by atoms with Crippen molar-refractivity contribution in [3.05, 3.63) is 125 Å². The van der Waals surface area contributed by atoms with Gasteiger partial charge in [-0.15, -0.1) is 0 Å². The summed E-state index contributed by atoms with van der Waals surface area (Å²) in [5, 5.41) is 14.4. The number of rotatable bonds is 9. The first-order valence-electron chi connectivity index (χ1n) is 13.3. The minimum Gasteiger partial charge on any atom is -0.478 e. The van der Waals surface area contributed by atoms with Crippen LogP contribution in [-0.2, 0) is 19.6 Å². The Morgan fingerprint density at radius 3 is 2.15 bits per heavy atom. The van der Waals surface area contributed by atoms with Crippen LogP contribution in [0.25, 0.3) is 22.0 Å². The highest BCUT2D eigenvalue weighted by molar-refractivity contribution is 5.96. The van der Waals surface area contributed by atoms with Crippen LogP contribution in [0.5, 0.6) is 0 Å². The molecule has 5 heteroatoms. The van der Waals surface area contributed by atoms with E-state index in [9.17, 15) is 9.90 Å². The van der Waals surface area contributed by atoms with Crippen molar-refractivity contribution in [2.24, 2.45) is 0 Å². The number of nitrogens with zero attached hydrogens (tertiary/aromatic N) is 2. The standard InChI is InChI=1S/C34H35N3O2/c1-23-24(2)37(22-26-9-14-28(15-10-26)30-7-5-6-8-31(30)34(38)39)33-18-13-27(19-32(23)33)21-35-20-25-11-16-29(17-12-25)36(3)4/h5-19,35H,20-22H2,1-4H3,(H,38,39). The SMILES string of the molecule is Cc1c(C)n(Cc2ccc(-c3ccccc3C(=O)O)cc2)c2ccc(CNCc3ccc(N(C)C)cc3)cc12. The van der Waals surface area contributed by atoms with Crippen LogP contribution in [0.4, 0.5) is 5.69 Å². The number of benzene rings is 4. The maximum Gasteiger partial charge on any atom is 0.336 e. The lowest BCUT2D eigenvalue weighted by atomic mass is 9.99. The molecule has 0 fully saturated rings. The van der Waals surface area contributed by atoms with Crippen molar-refractivity contribution in [2.45, 2.75) is 33.5 Å². The summed E-state index contributed by atoms with van der Waals surface area (Å²) in [6, 6.07) is 30.8. The van der Waals surface area contributed by atoms with Crippen molar-refractivity contribution >= 4 is 22.6 Å². The van der Waals surface area contributed by atoms with Crippen LogP contribution in [-0.4, -0.2) is 29.7 Å². The number of aromatic nitrogens is 1. The largest absolute Gasteiger partial charge is 0.478 e. The van der Waals surface area contributed by atoms with Crippen molar-refractivity contribution in [3.63, 3.8) is 0 Å². The van der Waals surface area contributed by atoms with Crippen LogP contribution < -0.4 is 10.2 Å². The number of carboxylic acid groups (broad SMARTS) is 1. The smallest absolute Gasteiger partial charge is 0.336 e. The minimum absolute atomic E-state index is 0.320. The van der Waals surface area contributed by atoms with Gasteiger partial charge in [0.15, 0.2) is 0 Å². The number of hydrogen-bond acceptors (Lipinski definition) is 3. The molecule has 5 nitrogen and oxygen atoms in total. The molecule has 0 radical (unpaired) electrons. The first-order chi connectivity index (χ1) is 18.8. The average molecular weight is 518 g/mol. The van der Waals surface area contributed by atoms with E-state index < -0.39 is 5.97 Å². The molecule has 0 aliphatic rings. The van der Waals surface area contributed by atoms with Crippen molar-refractivity contribution in [2.75, 3.05) is 19.0 Å². The lowest BCUT2D eigenvalue weighted by Crippen LogP contribution is -2.13. The lowest BCUT2D eigenvalue weighted by Gasteiger charge is -2.13. The number of fused-ring (bicyclic) bond motifs is 1. The zero-order valence-corrected chi connectivity index (χ0v) is 23.0. The van der Waals surface area contributed by atoms with E-state index in [4.69, 9.17) is 0 Å². The molecule has 0 unspecified atom stereocenters. The summed E-state index contributed by atoms with van der Waals surface area (Å²) in [4.78, 5) is 13.7. The number of carboxylic acids is 1. The normalized spacial score (nSPS) is 11.2. The Morgan fingerprint density at radius 2 is 1.46 bits per heavy atom. The van der Waals surface area contributed by atoms with E-state index in [0.717, 1.165) is 30.8 Å². The molecule has 1 heterocycles. The van der Waals surface area contributed by atoms with Crippen LogP contribution in [0.3, 0.4) is 0 Å². The van der Waals surface area contributed by atoms with E-state index in [2.05, 4.69) is 97.3 Å². The Labute approximate surface area is 230 Å². The van der Waals surface area contributed by atoms with E-state index in [-0.39, 0.29) is 0 Å². The van der Waals surface area contributed by atoms with Crippen molar-refractivity contribution in [3.8, 4) is 11.1 Å². The fraction of sp³-hybridized carbons (Fsp3) is 0.206. The fourth-order valence-corrected chi connectivity index (χ4v) is 5.17. The van der Waals surface area contributed by atoms with Crippen molar-refractivity contribution in [1.29, 1.82) is 0 Å². The van der Waals surface area contributed by atoms with E-state index >= 15 is 0 Å². The van der Waals surface area contributed by atoms with Gasteiger partial charge in [0.1, 0.15) is 0 Å². The lowest BCUT2D eigenvalue weighted by molar-refractivity contribution is 0.0697. The highest BCUT2D eigenvalue weighted by Crippen LogP contribution is 2.29. The number of hydrogen-bond donors (Lipinski definition) is 2. The Hall–Kier alpha value is -4.35. The number of carbonyl (C=O) groups is 1. The third-order valence-corrected chi connectivity index (χ3v) is 7.58. The van der Waals surface area contributed by atoms with Gasteiger partial charge in [0.2, 0.25) is 0 Å². The van der Waals surface area contributed by atoms with Gasteiger partial charge < -0.3 is 19.9 Å². The highest BCUT2D eigenvalue weighted by atomic mass is 16.4. The molecule has 0 atom stereocenters. The van der Waals surface area contributed by atoms with E-state index in [0.29, 0.717) is 5.56 Å². The van der Waals surface area contributed by atoms with Crippen LogP contribution in [0.2, 0.25) is 0 Å². The number of aromatic carboxylic acids is 1. The quantitative estimate of drug-likeness (QED) is 0.220. The van der Waals surface area contributed by atoms with Gasteiger partial charge in [-0.3, -0.25) is 0 Å². The number of aryl methyl sites for hydroxylation is 1. The summed E-state index contributed by atoms with van der Waals surface area (Å²) in [5.41, 5.74) is 10.7. The van der Waals surface area contributed by atoms with Gasteiger partial charge in [-0.2, -0.15) is 0 Å². The van der Waals surface area contributed by atoms with Gasteiger partial charge in [0.25, 0.3) is 0 Å². The second-order valence-electron chi connectivity index (χ2n) is 10.4. The third-order valence-electron chi connectivity index (χ3n) is 7.58. The highest BCUT2D eigenvalue weighted by Gasteiger charge is 2.14. The fourth-order valence-electron chi connectivity index (χ4n) is 5.17. The van der Waals surface area contributed by atoms with Gasteiger partial charge in [-0.1, -0.05) is 60.7 Å². The predicted octanol–water partition coefficient (Wildman–Crippen LogP) is 7.03. The molecule has 2 N–H and O–H groups in total. The molecule has 0 aliphatic heterocycles. The third kappa shape index (κ3) is 5.59. The zero-order chi connectivity index (χ0) is 27.5. The molecule has 5 rings (SSSR count). The van der Waals surface area contributed by atoms with E-state index in [1.165, 1.54) is 44.5 Å². The molecule has 39 heavy (non-hydrogen) atoms. The number of anilines is 1. The molecule has 0 spiro atoms. The summed E-state index contributed by atoms with van der Waals surface area (Å²) >= 11 is 0. The van der Waals surface area contributed by atoms with E-state index in [1.54, 1.807) is 12.1 Å². The first kappa shape index (κ1) is 26.3. The molecule has 4 aromatic carbocycles. The summed E-state index contributed by atoms with van der Waals surface area (Å²) in [6.45, 7) is 6.79. The zero-order valence-electron chi connectivity index (χ0n) is 23.0. The first-order valence-corrected chi connectivity index (χ1v) is 13.3. The molecular weight excluding hydrogens is 482 g/mol. The second-order valence-corrected chi connectivity index (χ2v) is 10.4. The molecule has 198 valence electrons. The Kier molecular flexibility index (Phi) is 7.53. The molecule has 5 aromatic rings. The van der Waals surface area contributed by atoms with Gasteiger partial charge in [0, 0.05) is 56.0 Å². The van der Waals surface area contributed by atoms with E-state index in [1.807, 2.05) is 24.3 Å². The summed E-state index contributed by atoms with van der Waals surface area (Å²) < 4.78 is 2.37. The summed E-state index contributed by atoms with van der Waals surface area (Å²) in [6.07, 6.45) is 0. The van der Waals surface area contributed by atoms with Crippen LogP contribution in [0.15, 0.2) is 91.0 Å². The van der Waals surface area contributed by atoms with Gasteiger partial charge in [-0.25, -0.2) is 4.79 Å². The monoisotopic (exact) mass is 517 g/mol. The molecule has 0 bridgehead atoms. The van der Waals surface area contributed by atoms with Gasteiger partial charge in [0.05, 0.1) is 5.56 Å². The molecule has 1 aromatic heterocycles. The number of nitrogens with one attached hydrogen (secondary N) is 1.